The number of carbonyl (C=O) groups is 1. The van der Waals surface area contributed by atoms with E-state index in [1.807, 2.05) is 0 Å². The molecule has 0 aromatic carbocycles. The van der Waals surface area contributed by atoms with E-state index in [2.05, 4.69) is 4.18 Å². The van der Waals surface area contributed by atoms with Gasteiger partial charge in [0.05, 0.1) is 12.9 Å². The standard InChI is InChI=1S/C5H12N2O4S/c1-5(7,4(6)8)3-11-12(2,9)10/h3,7H2,1-2H3,(H2,6,8). The minimum absolute atomic E-state index is 0.443. The maximum Gasteiger partial charge on any atom is 0.264 e. The first-order valence-corrected chi connectivity index (χ1v) is 4.90. The van der Waals surface area contributed by atoms with Crippen molar-refractivity contribution in [2.24, 2.45) is 11.5 Å². The van der Waals surface area contributed by atoms with E-state index in [1.54, 1.807) is 0 Å². The Kier molecular flexibility index (Phi) is 3.19. The topological polar surface area (TPSA) is 112 Å². The lowest BCUT2D eigenvalue weighted by Crippen LogP contribution is -2.53. The van der Waals surface area contributed by atoms with Gasteiger partial charge in [-0.1, -0.05) is 0 Å². The maximum absolute atomic E-state index is 10.6. The van der Waals surface area contributed by atoms with Crippen LogP contribution in [0.2, 0.25) is 0 Å². The van der Waals surface area contributed by atoms with E-state index in [9.17, 15) is 13.2 Å². The lowest BCUT2D eigenvalue weighted by atomic mass is 10.1. The summed E-state index contributed by atoms with van der Waals surface area (Å²) in [4.78, 5) is 10.6. The third kappa shape index (κ3) is 4.27. The third-order valence-corrected chi connectivity index (χ3v) is 1.68. The van der Waals surface area contributed by atoms with Gasteiger partial charge < -0.3 is 11.5 Å². The first-order chi connectivity index (χ1) is 5.15. The van der Waals surface area contributed by atoms with E-state index in [0.29, 0.717) is 0 Å². The van der Waals surface area contributed by atoms with Gasteiger partial charge in [0, 0.05) is 0 Å². The van der Waals surface area contributed by atoms with Crippen molar-refractivity contribution < 1.29 is 17.4 Å². The highest BCUT2D eigenvalue weighted by Gasteiger charge is 2.27. The lowest BCUT2D eigenvalue weighted by molar-refractivity contribution is -0.123. The fraction of sp³-hybridized carbons (Fsp3) is 0.800. The van der Waals surface area contributed by atoms with Crippen LogP contribution in [-0.4, -0.2) is 32.7 Å². The summed E-state index contributed by atoms with van der Waals surface area (Å²) in [6, 6.07) is 0. The van der Waals surface area contributed by atoms with Gasteiger partial charge in [-0.05, 0) is 6.92 Å². The molecule has 0 aliphatic carbocycles. The smallest absolute Gasteiger partial charge is 0.264 e. The number of nitrogens with two attached hydrogens (primary N) is 2. The van der Waals surface area contributed by atoms with Crippen LogP contribution in [0, 0.1) is 0 Å². The molecule has 0 saturated heterocycles. The highest BCUT2D eigenvalue weighted by Crippen LogP contribution is 2.00. The van der Waals surface area contributed by atoms with Gasteiger partial charge in [0.25, 0.3) is 10.1 Å². The molecule has 4 N–H and O–H groups in total. The number of carbonyl (C=O) groups excluding carboxylic acids is 1. The minimum atomic E-state index is -3.58. The van der Waals surface area contributed by atoms with Gasteiger partial charge in [-0.25, -0.2) is 0 Å². The van der Waals surface area contributed by atoms with Crippen molar-refractivity contribution in [3.05, 3.63) is 0 Å². The van der Waals surface area contributed by atoms with Gasteiger partial charge in [0.2, 0.25) is 5.91 Å². The van der Waals surface area contributed by atoms with Crippen molar-refractivity contribution in [2.45, 2.75) is 12.5 Å². The summed E-state index contributed by atoms with van der Waals surface area (Å²) in [5.74, 6) is -0.814. The monoisotopic (exact) mass is 196 g/mol. The van der Waals surface area contributed by atoms with E-state index in [4.69, 9.17) is 11.5 Å². The van der Waals surface area contributed by atoms with Crippen LogP contribution in [0.5, 0.6) is 0 Å². The van der Waals surface area contributed by atoms with Crippen LogP contribution >= 0.6 is 0 Å². The molecule has 7 heteroatoms. The first-order valence-electron chi connectivity index (χ1n) is 3.08. The van der Waals surface area contributed by atoms with Crippen LogP contribution < -0.4 is 11.5 Å². The normalized spacial score (nSPS) is 16.9. The molecule has 1 amide bonds. The van der Waals surface area contributed by atoms with E-state index in [-0.39, 0.29) is 0 Å². The molecule has 72 valence electrons. The molecule has 0 bridgehead atoms. The van der Waals surface area contributed by atoms with E-state index < -0.39 is 28.2 Å². The molecule has 0 spiro atoms. The predicted octanol–water partition coefficient (Wildman–Crippen LogP) is -1.83. The molecule has 1 atom stereocenters. The van der Waals surface area contributed by atoms with Gasteiger partial charge in [0.15, 0.2) is 0 Å². The molecule has 0 radical (unpaired) electrons. The molecule has 0 aliphatic heterocycles. The largest absolute Gasteiger partial charge is 0.368 e. The van der Waals surface area contributed by atoms with Crippen LogP contribution in [0.25, 0.3) is 0 Å². The van der Waals surface area contributed by atoms with Gasteiger partial charge in [-0.3, -0.25) is 8.98 Å². The van der Waals surface area contributed by atoms with Crippen LogP contribution in [0.15, 0.2) is 0 Å². The van der Waals surface area contributed by atoms with Gasteiger partial charge >= 0.3 is 0 Å². The summed E-state index contributed by atoms with van der Waals surface area (Å²) in [6.45, 7) is 0.849. The zero-order valence-corrected chi connectivity index (χ0v) is 7.72. The first kappa shape index (κ1) is 11.3. The second kappa shape index (κ2) is 3.38. The fourth-order valence-corrected chi connectivity index (χ4v) is 0.759. The molecule has 0 rings (SSSR count). The lowest BCUT2D eigenvalue weighted by Gasteiger charge is -2.18. The summed E-state index contributed by atoms with van der Waals surface area (Å²) >= 11 is 0. The number of primary amides is 1. The molecule has 1 unspecified atom stereocenters. The number of rotatable bonds is 4. The summed E-state index contributed by atoms with van der Waals surface area (Å²) in [5.41, 5.74) is 8.71. The van der Waals surface area contributed by atoms with Crippen molar-refractivity contribution in [3.63, 3.8) is 0 Å². The third-order valence-electron chi connectivity index (χ3n) is 1.14. The van der Waals surface area contributed by atoms with E-state index >= 15 is 0 Å². The highest BCUT2D eigenvalue weighted by atomic mass is 32.2. The Hall–Kier alpha value is -0.660. The number of hydrogen-bond acceptors (Lipinski definition) is 5. The Morgan fingerprint density at radius 1 is 1.58 bits per heavy atom. The number of amides is 1. The molecular formula is C5H12N2O4S. The van der Waals surface area contributed by atoms with Crippen molar-refractivity contribution in [1.29, 1.82) is 0 Å². The Balaban J connectivity index is 4.20. The molecule has 0 heterocycles. The quantitative estimate of drug-likeness (QED) is 0.513. The van der Waals surface area contributed by atoms with E-state index in [0.717, 1.165) is 6.26 Å². The highest BCUT2D eigenvalue weighted by molar-refractivity contribution is 7.85. The average molecular weight is 196 g/mol. The Morgan fingerprint density at radius 2 is 2.00 bits per heavy atom. The molecule has 0 saturated carbocycles. The second-order valence-corrected chi connectivity index (χ2v) is 4.39. The van der Waals surface area contributed by atoms with Crippen molar-refractivity contribution in [2.75, 3.05) is 12.9 Å². The van der Waals surface area contributed by atoms with Crippen LogP contribution in [0.1, 0.15) is 6.92 Å². The van der Waals surface area contributed by atoms with Crippen molar-refractivity contribution in [3.8, 4) is 0 Å². The van der Waals surface area contributed by atoms with Crippen molar-refractivity contribution >= 4 is 16.0 Å². The number of hydrogen-bond donors (Lipinski definition) is 2. The zero-order valence-electron chi connectivity index (χ0n) is 6.90. The van der Waals surface area contributed by atoms with Gasteiger partial charge in [-0.2, -0.15) is 8.42 Å². The maximum atomic E-state index is 10.6. The van der Waals surface area contributed by atoms with Crippen molar-refractivity contribution in [1.82, 2.24) is 0 Å². The SMILES string of the molecule is CC(N)(COS(C)(=O)=O)C(N)=O. The van der Waals surface area contributed by atoms with Crippen LogP contribution in [-0.2, 0) is 19.1 Å². The molecule has 12 heavy (non-hydrogen) atoms. The van der Waals surface area contributed by atoms with Crippen LogP contribution in [0.4, 0.5) is 0 Å². The van der Waals surface area contributed by atoms with E-state index in [1.165, 1.54) is 6.92 Å². The van der Waals surface area contributed by atoms with Gasteiger partial charge in [-0.15, -0.1) is 0 Å². The molecular weight excluding hydrogens is 184 g/mol. The predicted molar refractivity (Wildman–Crippen MR) is 42.6 cm³/mol. The summed E-state index contributed by atoms with van der Waals surface area (Å²) in [7, 11) is -3.58. The molecule has 0 fully saturated rings. The summed E-state index contributed by atoms with van der Waals surface area (Å²) < 4.78 is 25.2. The molecule has 6 nitrogen and oxygen atoms in total. The fourth-order valence-electron chi connectivity index (χ4n) is 0.301. The van der Waals surface area contributed by atoms with Gasteiger partial charge in [0.1, 0.15) is 5.54 Å². The minimum Gasteiger partial charge on any atom is -0.368 e. The second-order valence-electron chi connectivity index (χ2n) is 2.75. The average Bonchev–Trinajstić information content (AvgIpc) is 1.82. The van der Waals surface area contributed by atoms with Crippen LogP contribution in [0.3, 0.4) is 0 Å². The molecule has 0 aliphatic rings. The molecule has 0 aromatic rings. The Bertz CT molecular complexity index is 269. The molecule has 0 aromatic heterocycles. The zero-order chi connectivity index (χ0) is 9.99. The Labute approximate surface area is 71.0 Å². The summed E-state index contributed by atoms with van der Waals surface area (Å²) in [6.07, 6.45) is 0.865. The summed E-state index contributed by atoms with van der Waals surface area (Å²) in [5, 5.41) is 0. The Morgan fingerprint density at radius 3 is 2.25 bits per heavy atom.